The van der Waals surface area contributed by atoms with E-state index < -0.39 is 23.5 Å². The molecule has 0 aromatic heterocycles. The van der Waals surface area contributed by atoms with Gasteiger partial charge in [0, 0.05) is 18.7 Å². The van der Waals surface area contributed by atoms with E-state index in [0.717, 1.165) is 25.9 Å². The van der Waals surface area contributed by atoms with Gasteiger partial charge in [0.25, 0.3) is 11.7 Å². The number of likely N-dealkylation sites (tertiary alicyclic amines) is 2. The van der Waals surface area contributed by atoms with Crippen molar-refractivity contribution in [2.24, 2.45) is 0 Å². The predicted molar refractivity (Wildman–Crippen MR) is 108 cm³/mol. The maximum absolute atomic E-state index is 13.5. The van der Waals surface area contributed by atoms with Crippen molar-refractivity contribution in [1.82, 2.24) is 9.80 Å². The number of nitrogens with zero attached hydrogens (tertiary/aromatic N) is 2. The minimum Gasteiger partial charge on any atom is -0.507 e. The summed E-state index contributed by atoms with van der Waals surface area (Å²) in [5.41, 5.74) is 1.12. The topological polar surface area (TPSA) is 60.9 Å². The molecule has 6 heteroatoms. The normalized spacial score (nSPS) is 21.8. The Labute approximate surface area is 169 Å². The van der Waals surface area contributed by atoms with Gasteiger partial charge in [-0.3, -0.25) is 9.59 Å². The quantitative estimate of drug-likeness (QED) is 0.480. The van der Waals surface area contributed by atoms with E-state index in [1.165, 1.54) is 17.0 Å². The molecule has 150 valence electrons. The molecule has 0 radical (unpaired) electrons. The number of hydrogen-bond acceptors (Lipinski definition) is 4. The molecule has 0 bridgehead atoms. The Balaban J connectivity index is 1.75. The van der Waals surface area contributed by atoms with Crippen molar-refractivity contribution in [3.05, 3.63) is 77.1 Å². The molecule has 0 spiro atoms. The molecule has 2 saturated heterocycles. The Morgan fingerprint density at radius 1 is 0.966 bits per heavy atom. The summed E-state index contributed by atoms with van der Waals surface area (Å²) in [5, 5.41) is 10.9. The third-order valence-electron chi connectivity index (χ3n) is 5.63. The highest BCUT2D eigenvalue weighted by Crippen LogP contribution is 2.39. The number of rotatable bonds is 5. The monoisotopic (exact) mass is 394 g/mol. The van der Waals surface area contributed by atoms with Crippen LogP contribution in [-0.4, -0.2) is 52.8 Å². The van der Waals surface area contributed by atoms with Gasteiger partial charge in [-0.2, -0.15) is 0 Å². The summed E-state index contributed by atoms with van der Waals surface area (Å²) in [6, 6.07) is 13.7. The fourth-order valence-electron chi connectivity index (χ4n) is 4.11. The second-order valence-corrected chi connectivity index (χ2v) is 7.46. The molecule has 2 fully saturated rings. The lowest BCUT2D eigenvalue weighted by atomic mass is 9.95. The molecule has 1 atom stereocenters. The molecule has 1 amide bonds. The molecule has 2 aliphatic rings. The molecule has 5 nitrogen and oxygen atoms in total. The molecule has 2 aromatic carbocycles. The maximum atomic E-state index is 13.5. The molecule has 2 heterocycles. The van der Waals surface area contributed by atoms with E-state index >= 15 is 0 Å². The van der Waals surface area contributed by atoms with Gasteiger partial charge in [0.05, 0.1) is 11.6 Å². The van der Waals surface area contributed by atoms with Gasteiger partial charge in [0.2, 0.25) is 0 Å². The van der Waals surface area contributed by atoms with E-state index in [1.807, 2.05) is 6.07 Å². The van der Waals surface area contributed by atoms with Crippen molar-refractivity contribution < 1.29 is 19.1 Å². The average molecular weight is 394 g/mol. The Hall–Kier alpha value is -2.99. The van der Waals surface area contributed by atoms with Crippen molar-refractivity contribution in [2.75, 3.05) is 26.2 Å². The summed E-state index contributed by atoms with van der Waals surface area (Å²) in [7, 11) is 0. The van der Waals surface area contributed by atoms with Gasteiger partial charge in [-0.1, -0.05) is 42.5 Å². The van der Waals surface area contributed by atoms with E-state index in [0.29, 0.717) is 24.2 Å². The Morgan fingerprint density at radius 3 is 2.28 bits per heavy atom. The maximum Gasteiger partial charge on any atom is 0.295 e. The number of benzene rings is 2. The van der Waals surface area contributed by atoms with Crippen molar-refractivity contribution in [1.29, 1.82) is 0 Å². The molecule has 1 N–H and O–H groups in total. The van der Waals surface area contributed by atoms with Crippen LogP contribution in [0.15, 0.2) is 60.2 Å². The summed E-state index contributed by atoms with van der Waals surface area (Å²) >= 11 is 0. The van der Waals surface area contributed by atoms with Gasteiger partial charge in [-0.25, -0.2) is 4.39 Å². The number of aliphatic hydroxyl groups is 1. The zero-order chi connectivity index (χ0) is 20.4. The molecule has 1 unspecified atom stereocenters. The molecule has 2 aliphatic heterocycles. The van der Waals surface area contributed by atoms with Crippen molar-refractivity contribution in [3.63, 3.8) is 0 Å². The summed E-state index contributed by atoms with van der Waals surface area (Å²) in [6.45, 7) is 3.00. The number of amides is 1. The van der Waals surface area contributed by atoms with Crippen LogP contribution in [0.25, 0.3) is 5.76 Å². The molecular formula is C23H23FN2O3. The first-order valence-corrected chi connectivity index (χ1v) is 9.88. The van der Waals surface area contributed by atoms with Gasteiger partial charge in [0.15, 0.2) is 0 Å². The highest BCUT2D eigenvalue weighted by molar-refractivity contribution is 6.46. The minimum atomic E-state index is -0.738. The smallest absolute Gasteiger partial charge is 0.295 e. The van der Waals surface area contributed by atoms with Crippen LogP contribution < -0.4 is 0 Å². The lowest BCUT2D eigenvalue weighted by Gasteiger charge is -2.27. The number of carbonyl (C=O) groups is 2. The first-order chi connectivity index (χ1) is 14.1. The number of carbonyl (C=O) groups excluding carboxylic acids is 2. The molecule has 29 heavy (non-hydrogen) atoms. The second-order valence-electron chi connectivity index (χ2n) is 7.46. The van der Waals surface area contributed by atoms with Gasteiger partial charge < -0.3 is 14.9 Å². The van der Waals surface area contributed by atoms with Crippen LogP contribution in [0.1, 0.15) is 30.0 Å². The van der Waals surface area contributed by atoms with Crippen LogP contribution in [0.3, 0.4) is 0 Å². The average Bonchev–Trinajstić information content (AvgIpc) is 3.35. The Bertz CT molecular complexity index is 934. The number of halogens is 1. The van der Waals surface area contributed by atoms with Gasteiger partial charge in [-0.05, 0) is 43.6 Å². The lowest BCUT2D eigenvalue weighted by molar-refractivity contribution is -0.140. The molecule has 2 aromatic rings. The Kier molecular flexibility index (Phi) is 5.45. The SMILES string of the molecule is O=C1C(=O)N(CCN2CCCC2)C(c2ccc(F)cc2)/C1=C(\O)c1ccccc1. The summed E-state index contributed by atoms with van der Waals surface area (Å²) in [4.78, 5) is 29.5. The first-order valence-electron chi connectivity index (χ1n) is 9.88. The third kappa shape index (κ3) is 3.80. The largest absolute Gasteiger partial charge is 0.507 e. The minimum absolute atomic E-state index is 0.0502. The van der Waals surface area contributed by atoms with Crippen LogP contribution in [-0.2, 0) is 9.59 Å². The van der Waals surface area contributed by atoms with Gasteiger partial charge in [-0.15, -0.1) is 0 Å². The molecular weight excluding hydrogens is 371 g/mol. The highest BCUT2D eigenvalue weighted by atomic mass is 19.1. The summed E-state index contributed by atoms with van der Waals surface area (Å²) < 4.78 is 13.5. The summed E-state index contributed by atoms with van der Waals surface area (Å²) in [6.07, 6.45) is 2.27. The van der Waals surface area contributed by atoms with Crippen LogP contribution in [0.4, 0.5) is 4.39 Å². The van der Waals surface area contributed by atoms with Gasteiger partial charge >= 0.3 is 0 Å². The highest BCUT2D eigenvalue weighted by Gasteiger charge is 2.46. The fraction of sp³-hybridized carbons (Fsp3) is 0.304. The molecule has 0 aliphatic carbocycles. The summed E-state index contributed by atoms with van der Waals surface area (Å²) in [5.74, 6) is -1.94. The van der Waals surface area contributed by atoms with Crippen LogP contribution in [0.2, 0.25) is 0 Å². The number of ketones is 1. The van der Waals surface area contributed by atoms with Crippen molar-refractivity contribution >= 4 is 17.4 Å². The van der Waals surface area contributed by atoms with Crippen molar-refractivity contribution in [2.45, 2.75) is 18.9 Å². The lowest BCUT2D eigenvalue weighted by Crippen LogP contribution is -2.37. The number of hydrogen-bond donors (Lipinski definition) is 1. The van der Waals surface area contributed by atoms with E-state index in [9.17, 15) is 19.1 Å². The van der Waals surface area contributed by atoms with Crippen LogP contribution in [0.5, 0.6) is 0 Å². The predicted octanol–water partition coefficient (Wildman–Crippen LogP) is 3.34. The van der Waals surface area contributed by atoms with Crippen LogP contribution in [0, 0.1) is 5.82 Å². The number of aliphatic hydroxyl groups excluding tert-OH is 1. The fourth-order valence-corrected chi connectivity index (χ4v) is 4.11. The van der Waals surface area contributed by atoms with E-state index in [2.05, 4.69) is 4.90 Å². The Morgan fingerprint density at radius 2 is 1.62 bits per heavy atom. The first kappa shape index (κ1) is 19.3. The molecule has 0 saturated carbocycles. The standard InChI is InChI=1S/C23H23FN2O3/c24-18-10-8-16(9-11-18)20-19(21(27)17-6-2-1-3-7-17)22(28)23(29)26(20)15-14-25-12-4-5-13-25/h1-3,6-11,20,27H,4-5,12-15H2/b21-19+. The molecule has 4 rings (SSSR count). The van der Waals surface area contributed by atoms with E-state index in [4.69, 9.17) is 0 Å². The van der Waals surface area contributed by atoms with E-state index in [-0.39, 0.29) is 11.3 Å². The van der Waals surface area contributed by atoms with Crippen LogP contribution >= 0.6 is 0 Å². The zero-order valence-electron chi connectivity index (χ0n) is 16.1. The van der Waals surface area contributed by atoms with Crippen molar-refractivity contribution in [3.8, 4) is 0 Å². The number of Topliss-reactive ketones (excluding diaryl/α,β-unsaturated/α-hetero) is 1. The van der Waals surface area contributed by atoms with E-state index in [1.54, 1.807) is 36.4 Å². The van der Waals surface area contributed by atoms with Gasteiger partial charge in [0.1, 0.15) is 11.6 Å². The zero-order valence-corrected chi connectivity index (χ0v) is 16.1. The second kappa shape index (κ2) is 8.17. The third-order valence-corrected chi connectivity index (χ3v) is 5.63.